The Kier molecular flexibility index (Phi) is 9.51. The van der Waals surface area contributed by atoms with E-state index in [2.05, 4.69) is 24.5 Å². The minimum Gasteiger partial charge on any atom is -0.450 e. The third-order valence-corrected chi connectivity index (χ3v) is 3.19. The Balaban J connectivity index is 3.26. The molecule has 5 nitrogen and oxygen atoms in total. The normalized spacial score (nSPS) is 10.1. The van der Waals surface area contributed by atoms with Gasteiger partial charge in [0, 0.05) is 29.5 Å². The summed E-state index contributed by atoms with van der Waals surface area (Å²) >= 11 is 0. The number of carbonyl (C=O) groups is 2. The van der Waals surface area contributed by atoms with Crippen LogP contribution in [-0.4, -0.2) is 41.2 Å². The molecule has 0 spiro atoms. The number of hydrogen-bond donors (Lipinski definition) is 2. The molecular formula is C11H22N2O3Si. The van der Waals surface area contributed by atoms with Gasteiger partial charge in [-0.25, -0.2) is 4.79 Å². The lowest BCUT2D eigenvalue weighted by atomic mass is 10.4. The summed E-state index contributed by atoms with van der Waals surface area (Å²) in [6.45, 7) is 7.35. The van der Waals surface area contributed by atoms with Crippen molar-refractivity contribution in [2.75, 3.05) is 19.7 Å². The van der Waals surface area contributed by atoms with Crippen LogP contribution >= 0.6 is 0 Å². The zero-order chi connectivity index (χ0) is 13.1. The molecule has 2 N–H and O–H groups in total. The molecule has 0 unspecified atom stereocenters. The molecule has 0 aliphatic rings. The lowest BCUT2D eigenvalue weighted by Crippen LogP contribution is -2.29. The highest BCUT2D eigenvalue weighted by Gasteiger charge is 2.01. The summed E-state index contributed by atoms with van der Waals surface area (Å²) < 4.78 is 4.99. The summed E-state index contributed by atoms with van der Waals surface area (Å²) in [5, 5.41) is 5.29. The second-order valence-corrected chi connectivity index (χ2v) is 6.07. The molecule has 0 aliphatic carbocycles. The number of hydrogen-bond acceptors (Lipinski definition) is 3. The van der Waals surface area contributed by atoms with E-state index in [1.807, 2.05) is 0 Å². The predicted octanol–water partition coefficient (Wildman–Crippen LogP) is 1.19. The van der Waals surface area contributed by atoms with Gasteiger partial charge in [-0.05, 0) is 12.5 Å². The van der Waals surface area contributed by atoms with Gasteiger partial charge in [-0.1, -0.05) is 19.4 Å². The molecule has 0 aromatic heterocycles. The smallest absolute Gasteiger partial charge is 0.407 e. The summed E-state index contributed by atoms with van der Waals surface area (Å²) in [5.41, 5.74) is 0.666. The molecule has 0 bridgehead atoms. The van der Waals surface area contributed by atoms with Gasteiger partial charge in [-0.2, -0.15) is 0 Å². The molecule has 0 heterocycles. The van der Waals surface area contributed by atoms with Crippen LogP contribution in [0.2, 0.25) is 11.6 Å². The SMILES string of the molecule is CC(=O)NCCCNC(=O)OCC[Si]C(C)C. The molecule has 6 heteroatoms. The molecule has 2 radical (unpaired) electrons. The lowest BCUT2D eigenvalue weighted by molar-refractivity contribution is -0.118. The van der Waals surface area contributed by atoms with Gasteiger partial charge in [0.05, 0.1) is 6.61 Å². The van der Waals surface area contributed by atoms with Crippen LogP contribution in [0.5, 0.6) is 0 Å². The Bertz CT molecular complexity index is 235. The zero-order valence-corrected chi connectivity index (χ0v) is 11.8. The van der Waals surface area contributed by atoms with Gasteiger partial charge in [0.25, 0.3) is 0 Å². The van der Waals surface area contributed by atoms with Crippen LogP contribution in [0.3, 0.4) is 0 Å². The van der Waals surface area contributed by atoms with Crippen molar-refractivity contribution in [3.8, 4) is 0 Å². The Morgan fingerprint density at radius 3 is 2.47 bits per heavy atom. The van der Waals surface area contributed by atoms with Crippen molar-refractivity contribution >= 4 is 21.5 Å². The van der Waals surface area contributed by atoms with Gasteiger partial charge in [0.1, 0.15) is 0 Å². The van der Waals surface area contributed by atoms with Gasteiger partial charge < -0.3 is 15.4 Å². The minimum absolute atomic E-state index is 0.0535. The van der Waals surface area contributed by atoms with Crippen molar-refractivity contribution in [1.82, 2.24) is 10.6 Å². The molecule has 17 heavy (non-hydrogen) atoms. The van der Waals surface area contributed by atoms with E-state index in [9.17, 15) is 9.59 Å². The van der Waals surface area contributed by atoms with Crippen LogP contribution in [0.1, 0.15) is 27.2 Å². The predicted molar refractivity (Wildman–Crippen MR) is 68.3 cm³/mol. The fraction of sp³-hybridized carbons (Fsp3) is 0.818. The van der Waals surface area contributed by atoms with E-state index in [1.54, 1.807) is 0 Å². The molecule has 2 amide bonds. The van der Waals surface area contributed by atoms with Crippen LogP contribution in [0.25, 0.3) is 0 Å². The van der Waals surface area contributed by atoms with Crippen LogP contribution < -0.4 is 10.6 Å². The number of nitrogens with one attached hydrogen (secondary N) is 2. The highest BCUT2D eigenvalue weighted by atomic mass is 28.2. The Labute approximate surface area is 105 Å². The average Bonchev–Trinajstić information content (AvgIpc) is 2.23. The van der Waals surface area contributed by atoms with E-state index < -0.39 is 0 Å². The molecule has 0 rings (SSSR count). The number of ether oxygens (including phenoxy) is 1. The molecule has 0 atom stereocenters. The fourth-order valence-corrected chi connectivity index (χ4v) is 1.88. The van der Waals surface area contributed by atoms with Crippen molar-refractivity contribution in [3.63, 3.8) is 0 Å². The second-order valence-electron chi connectivity index (χ2n) is 4.01. The van der Waals surface area contributed by atoms with E-state index >= 15 is 0 Å². The van der Waals surface area contributed by atoms with Crippen LogP contribution in [0.15, 0.2) is 0 Å². The molecule has 0 saturated heterocycles. The van der Waals surface area contributed by atoms with E-state index in [0.29, 0.717) is 31.7 Å². The van der Waals surface area contributed by atoms with Gasteiger partial charge in [0.2, 0.25) is 5.91 Å². The Morgan fingerprint density at radius 2 is 1.88 bits per heavy atom. The van der Waals surface area contributed by atoms with E-state index in [-0.39, 0.29) is 12.0 Å². The van der Waals surface area contributed by atoms with Crippen molar-refractivity contribution < 1.29 is 14.3 Å². The largest absolute Gasteiger partial charge is 0.450 e. The van der Waals surface area contributed by atoms with Gasteiger partial charge in [-0.15, -0.1) is 0 Å². The highest BCUT2D eigenvalue weighted by Crippen LogP contribution is 1.99. The summed E-state index contributed by atoms with van der Waals surface area (Å²) in [6.07, 6.45) is 0.337. The van der Waals surface area contributed by atoms with E-state index in [1.165, 1.54) is 6.92 Å². The molecule has 0 aromatic rings. The molecule has 0 fully saturated rings. The van der Waals surface area contributed by atoms with Gasteiger partial charge in [0.15, 0.2) is 0 Å². The first kappa shape index (κ1) is 16.0. The standard InChI is InChI=1S/C11H22N2O3Si/c1-9(2)17-8-7-16-11(15)13-6-4-5-12-10(3)14/h9H,4-8H2,1-3H3,(H,12,14)(H,13,15). The quantitative estimate of drug-likeness (QED) is 0.507. The van der Waals surface area contributed by atoms with Crippen molar-refractivity contribution in [3.05, 3.63) is 0 Å². The van der Waals surface area contributed by atoms with Crippen LogP contribution in [-0.2, 0) is 9.53 Å². The summed E-state index contributed by atoms with van der Waals surface area (Å²) in [6, 6.07) is 0.928. The van der Waals surface area contributed by atoms with Crippen molar-refractivity contribution in [1.29, 1.82) is 0 Å². The second kappa shape index (κ2) is 10.1. The maximum absolute atomic E-state index is 11.2. The van der Waals surface area contributed by atoms with Crippen molar-refractivity contribution in [2.45, 2.75) is 38.8 Å². The Morgan fingerprint density at radius 1 is 1.24 bits per heavy atom. The Hall–Kier alpha value is -1.04. The summed E-state index contributed by atoms with van der Waals surface area (Å²) in [7, 11) is 0.835. The summed E-state index contributed by atoms with van der Waals surface area (Å²) in [4.78, 5) is 21.7. The molecule has 0 aliphatic heterocycles. The fourth-order valence-electron chi connectivity index (χ4n) is 1.09. The van der Waals surface area contributed by atoms with E-state index in [4.69, 9.17) is 4.74 Å². The number of carbonyl (C=O) groups excluding carboxylic acids is 2. The number of amides is 2. The summed E-state index contributed by atoms with van der Waals surface area (Å²) in [5.74, 6) is -0.0535. The third-order valence-electron chi connectivity index (χ3n) is 1.88. The number of rotatable bonds is 8. The third kappa shape index (κ3) is 12.9. The first-order valence-corrected chi connectivity index (χ1v) is 7.19. The topological polar surface area (TPSA) is 67.4 Å². The molecular weight excluding hydrogens is 236 g/mol. The maximum atomic E-state index is 11.2. The first-order chi connectivity index (χ1) is 8.02. The molecule has 98 valence electrons. The highest BCUT2D eigenvalue weighted by molar-refractivity contribution is 6.37. The molecule has 0 saturated carbocycles. The average molecular weight is 258 g/mol. The lowest BCUT2D eigenvalue weighted by Gasteiger charge is -2.07. The van der Waals surface area contributed by atoms with Gasteiger partial charge in [-0.3, -0.25) is 4.79 Å². The van der Waals surface area contributed by atoms with Crippen molar-refractivity contribution in [2.24, 2.45) is 0 Å². The van der Waals surface area contributed by atoms with Gasteiger partial charge >= 0.3 is 6.09 Å². The van der Waals surface area contributed by atoms with Crippen LogP contribution in [0, 0.1) is 0 Å². The molecule has 0 aromatic carbocycles. The maximum Gasteiger partial charge on any atom is 0.407 e. The first-order valence-electron chi connectivity index (χ1n) is 5.91. The minimum atomic E-state index is -0.374. The zero-order valence-electron chi connectivity index (χ0n) is 10.8. The van der Waals surface area contributed by atoms with Crippen LogP contribution in [0.4, 0.5) is 4.79 Å². The number of alkyl carbamates (subject to hydrolysis) is 1. The van der Waals surface area contributed by atoms with E-state index in [0.717, 1.165) is 15.6 Å². The monoisotopic (exact) mass is 258 g/mol.